The standard InChI is InChI=1S/C10H18O2/c1-10(2,11)6-7-4-3-5-8-9(7)12-8/h7-9,11H,3-6H2,1-2H3/t7-,8-,9+/m0/s1. The van der Waals surface area contributed by atoms with Crippen molar-refractivity contribution in [1.82, 2.24) is 0 Å². The molecule has 1 saturated carbocycles. The van der Waals surface area contributed by atoms with Crippen LogP contribution in [-0.2, 0) is 4.74 Å². The summed E-state index contributed by atoms with van der Waals surface area (Å²) in [6.45, 7) is 3.78. The molecule has 0 radical (unpaired) electrons. The van der Waals surface area contributed by atoms with Crippen LogP contribution in [0, 0.1) is 5.92 Å². The monoisotopic (exact) mass is 170 g/mol. The fraction of sp³-hybridized carbons (Fsp3) is 1.00. The Morgan fingerprint density at radius 2 is 2.17 bits per heavy atom. The van der Waals surface area contributed by atoms with Gasteiger partial charge in [0.25, 0.3) is 0 Å². The quantitative estimate of drug-likeness (QED) is 0.640. The lowest BCUT2D eigenvalue weighted by Crippen LogP contribution is -2.28. The topological polar surface area (TPSA) is 32.8 Å². The minimum absolute atomic E-state index is 0.491. The van der Waals surface area contributed by atoms with E-state index in [-0.39, 0.29) is 0 Å². The van der Waals surface area contributed by atoms with E-state index in [0.29, 0.717) is 18.1 Å². The number of ether oxygens (including phenoxy) is 1. The van der Waals surface area contributed by atoms with E-state index in [0.717, 1.165) is 6.42 Å². The number of hydrogen-bond acceptors (Lipinski definition) is 2. The van der Waals surface area contributed by atoms with Crippen molar-refractivity contribution in [3.8, 4) is 0 Å². The maximum Gasteiger partial charge on any atom is 0.0871 e. The van der Waals surface area contributed by atoms with Crippen molar-refractivity contribution < 1.29 is 9.84 Å². The van der Waals surface area contributed by atoms with Gasteiger partial charge in [0.1, 0.15) is 0 Å². The van der Waals surface area contributed by atoms with Crippen LogP contribution in [0.5, 0.6) is 0 Å². The minimum atomic E-state index is -0.515. The Hall–Kier alpha value is -0.0800. The molecule has 1 aliphatic heterocycles. The summed E-state index contributed by atoms with van der Waals surface area (Å²) in [6.07, 6.45) is 5.70. The van der Waals surface area contributed by atoms with Gasteiger partial charge in [0.2, 0.25) is 0 Å². The third-order valence-electron chi connectivity index (χ3n) is 2.91. The third-order valence-corrected chi connectivity index (χ3v) is 2.91. The first kappa shape index (κ1) is 8.52. The molecular weight excluding hydrogens is 152 g/mol. The average Bonchev–Trinajstić information content (AvgIpc) is 2.62. The first-order chi connectivity index (χ1) is 5.56. The molecule has 2 nitrogen and oxygen atoms in total. The summed E-state index contributed by atoms with van der Waals surface area (Å²) in [5, 5.41) is 9.65. The van der Waals surface area contributed by atoms with Gasteiger partial charge in [0, 0.05) is 0 Å². The van der Waals surface area contributed by atoms with Crippen LogP contribution in [-0.4, -0.2) is 22.9 Å². The number of hydrogen-bond donors (Lipinski definition) is 1. The number of fused-ring (bicyclic) bond motifs is 1. The van der Waals surface area contributed by atoms with Crippen molar-refractivity contribution in [3.63, 3.8) is 0 Å². The van der Waals surface area contributed by atoms with Crippen LogP contribution >= 0.6 is 0 Å². The maximum absolute atomic E-state index is 9.65. The predicted molar refractivity (Wildman–Crippen MR) is 46.9 cm³/mol. The van der Waals surface area contributed by atoms with Crippen LogP contribution in [0.2, 0.25) is 0 Å². The highest BCUT2D eigenvalue weighted by atomic mass is 16.6. The Labute approximate surface area is 73.9 Å². The number of rotatable bonds is 2. The second-order valence-electron chi connectivity index (χ2n) is 4.85. The summed E-state index contributed by atoms with van der Waals surface area (Å²) in [5.41, 5.74) is -0.515. The van der Waals surface area contributed by atoms with E-state index in [9.17, 15) is 5.11 Å². The molecule has 0 amide bonds. The largest absolute Gasteiger partial charge is 0.390 e. The van der Waals surface area contributed by atoms with Crippen LogP contribution in [0.25, 0.3) is 0 Å². The van der Waals surface area contributed by atoms with E-state index in [1.807, 2.05) is 13.8 Å². The molecule has 2 heteroatoms. The molecule has 2 aliphatic rings. The lowest BCUT2D eigenvalue weighted by atomic mass is 9.82. The Kier molecular flexibility index (Phi) is 1.92. The van der Waals surface area contributed by atoms with Gasteiger partial charge < -0.3 is 9.84 Å². The third kappa shape index (κ3) is 1.80. The van der Waals surface area contributed by atoms with Crippen molar-refractivity contribution >= 4 is 0 Å². The fourth-order valence-electron chi connectivity index (χ4n) is 2.41. The summed E-state index contributed by atoms with van der Waals surface area (Å²) < 4.78 is 5.53. The smallest absolute Gasteiger partial charge is 0.0871 e. The molecule has 1 heterocycles. The van der Waals surface area contributed by atoms with Crippen molar-refractivity contribution in [1.29, 1.82) is 0 Å². The second kappa shape index (κ2) is 2.71. The highest BCUT2D eigenvalue weighted by Gasteiger charge is 2.47. The average molecular weight is 170 g/mol. The summed E-state index contributed by atoms with van der Waals surface area (Å²) in [7, 11) is 0. The zero-order valence-electron chi connectivity index (χ0n) is 7.92. The first-order valence-corrected chi connectivity index (χ1v) is 4.94. The van der Waals surface area contributed by atoms with Crippen molar-refractivity contribution in [3.05, 3.63) is 0 Å². The molecule has 0 aromatic heterocycles. The molecule has 1 N–H and O–H groups in total. The fourth-order valence-corrected chi connectivity index (χ4v) is 2.41. The summed E-state index contributed by atoms with van der Waals surface area (Å²) >= 11 is 0. The van der Waals surface area contributed by atoms with Crippen LogP contribution in [0.3, 0.4) is 0 Å². The summed E-state index contributed by atoms with van der Waals surface area (Å²) in [4.78, 5) is 0. The van der Waals surface area contributed by atoms with Crippen LogP contribution in [0.15, 0.2) is 0 Å². The summed E-state index contributed by atoms with van der Waals surface area (Å²) in [5.74, 6) is 0.615. The van der Waals surface area contributed by atoms with Crippen molar-refractivity contribution in [2.75, 3.05) is 0 Å². The molecule has 2 rings (SSSR count). The van der Waals surface area contributed by atoms with Gasteiger partial charge in [0.15, 0.2) is 0 Å². The van der Waals surface area contributed by atoms with Crippen LogP contribution < -0.4 is 0 Å². The molecule has 3 atom stereocenters. The van der Waals surface area contributed by atoms with Crippen molar-refractivity contribution in [2.45, 2.75) is 57.3 Å². The number of aliphatic hydroxyl groups is 1. The Balaban J connectivity index is 1.87. The predicted octanol–water partition coefficient (Wildman–Crippen LogP) is 1.71. The Morgan fingerprint density at radius 1 is 1.42 bits per heavy atom. The van der Waals surface area contributed by atoms with E-state index < -0.39 is 5.60 Å². The van der Waals surface area contributed by atoms with E-state index >= 15 is 0 Å². The van der Waals surface area contributed by atoms with Crippen LogP contribution in [0.4, 0.5) is 0 Å². The van der Waals surface area contributed by atoms with Gasteiger partial charge in [-0.2, -0.15) is 0 Å². The van der Waals surface area contributed by atoms with Gasteiger partial charge in [-0.1, -0.05) is 6.42 Å². The van der Waals surface area contributed by atoms with E-state index in [4.69, 9.17) is 4.74 Å². The molecule has 2 fully saturated rings. The molecule has 0 spiro atoms. The Bertz CT molecular complexity index is 171. The lowest BCUT2D eigenvalue weighted by Gasteiger charge is -2.25. The molecule has 1 saturated heterocycles. The SMILES string of the molecule is CC(C)(O)C[C@@H]1CCC[C@@H]2O[C@H]12. The number of epoxide rings is 1. The molecule has 70 valence electrons. The lowest BCUT2D eigenvalue weighted by molar-refractivity contribution is 0.0446. The molecule has 0 aromatic rings. The van der Waals surface area contributed by atoms with Crippen LogP contribution in [0.1, 0.15) is 39.5 Å². The zero-order valence-corrected chi connectivity index (χ0v) is 7.92. The van der Waals surface area contributed by atoms with Gasteiger partial charge in [-0.25, -0.2) is 0 Å². The van der Waals surface area contributed by atoms with Gasteiger partial charge in [-0.05, 0) is 39.0 Å². The minimum Gasteiger partial charge on any atom is -0.390 e. The first-order valence-electron chi connectivity index (χ1n) is 4.94. The molecule has 1 aliphatic carbocycles. The molecule has 0 unspecified atom stereocenters. The van der Waals surface area contributed by atoms with E-state index in [1.54, 1.807) is 0 Å². The van der Waals surface area contributed by atoms with E-state index in [2.05, 4.69) is 0 Å². The second-order valence-corrected chi connectivity index (χ2v) is 4.85. The van der Waals surface area contributed by atoms with E-state index in [1.165, 1.54) is 19.3 Å². The summed E-state index contributed by atoms with van der Waals surface area (Å²) in [6, 6.07) is 0. The van der Waals surface area contributed by atoms with Gasteiger partial charge in [0.05, 0.1) is 17.8 Å². The zero-order chi connectivity index (χ0) is 8.77. The highest BCUT2D eigenvalue weighted by molar-refractivity contribution is 4.96. The Morgan fingerprint density at radius 3 is 2.83 bits per heavy atom. The molecule has 0 aromatic carbocycles. The molecule has 12 heavy (non-hydrogen) atoms. The maximum atomic E-state index is 9.65. The van der Waals surface area contributed by atoms with Crippen molar-refractivity contribution in [2.24, 2.45) is 5.92 Å². The molecular formula is C10H18O2. The van der Waals surface area contributed by atoms with Gasteiger partial charge in [-0.3, -0.25) is 0 Å². The van der Waals surface area contributed by atoms with Gasteiger partial charge in [-0.15, -0.1) is 0 Å². The highest BCUT2D eigenvalue weighted by Crippen LogP contribution is 2.43. The normalized spacial score (nSPS) is 40.8. The van der Waals surface area contributed by atoms with Gasteiger partial charge >= 0.3 is 0 Å². The molecule has 0 bridgehead atoms.